The minimum atomic E-state index is -4.42. The summed E-state index contributed by atoms with van der Waals surface area (Å²) >= 11 is 0. The topological polar surface area (TPSA) is 46.5 Å². The molecule has 0 saturated carbocycles. The standard InChI is InChI=1S/C21H19F3O3/c1-2-13-27-18-6-3-5-16(14-18)19(7-4-8-20(25)26)15-9-11-17(12-10-15)21(22,23)24/h3-12,14H,2,13H2,1H3,(H,25,26)/b8-4+,19-7-. The lowest BCUT2D eigenvalue weighted by atomic mass is 9.96. The summed E-state index contributed by atoms with van der Waals surface area (Å²) in [6.07, 6.45) is 0.277. The molecule has 0 spiro atoms. The molecular weight excluding hydrogens is 357 g/mol. The number of rotatable bonds is 7. The van der Waals surface area contributed by atoms with E-state index in [1.54, 1.807) is 30.3 Å². The fourth-order valence-electron chi connectivity index (χ4n) is 2.40. The van der Waals surface area contributed by atoms with Crippen molar-refractivity contribution >= 4 is 11.5 Å². The summed E-state index contributed by atoms with van der Waals surface area (Å²) in [5.41, 5.74) is 1.08. The number of hydrogen-bond acceptors (Lipinski definition) is 2. The zero-order valence-electron chi connectivity index (χ0n) is 14.7. The normalized spacial score (nSPS) is 12.4. The maximum absolute atomic E-state index is 12.8. The molecule has 0 saturated heterocycles. The van der Waals surface area contributed by atoms with Crippen molar-refractivity contribution < 1.29 is 27.8 Å². The van der Waals surface area contributed by atoms with E-state index in [1.165, 1.54) is 18.2 Å². The Morgan fingerprint density at radius 1 is 1.11 bits per heavy atom. The first-order valence-electron chi connectivity index (χ1n) is 8.33. The predicted octanol–water partition coefficient (Wildman–Crippen LogP) is 5.57. The van der Waals surface area contributed by atoms with Crippen LogP contribution in [0.5, 0.6) is 5.75 Å². The Bertz CT molecular complexity index is 834. The molecule has 0 heterocycles. The molecule has 0 atom stereocenters. The van der Waals surface area contributed by atoms with Crippen molar-refractivity contribution in [2.24, 2.45) is 0 Å². The molecule has 0 aliphatic heterocycles. The van der Waals surface area contributed by atoms with Crippen LogP contribution >= 0.6 is 0 Å². The highest BCUT2D eigenvalue weighted by Gasteiger charge is 2.30. The summed E-state index contributed by atoms with van der Waals surface area (Å²) in [5.74, 6) is -0.479. The van der Waals surface area contributed by atoms with Crippen molar-refractivity contribution in [2.75, 3.05) is 6.61 Å². The number of benzene rings is 2. The van der Waals surface area contributed by atoms with E-state index < -0.39 is 17.7 Å². The van der Waals surface area contributed by atoms with E-state index in [-0.39, 0.29) is 0 Å². The summed E-state index contributed by atoms with van der Waals surface area (Å²) in [5, 5.41) is 8.77. The van der Waals surface area contributed by atoms with Gasteiger partial charge < -0.3 is 9.84 Å². The first-order valence-corrected chi connectivity index (χ1v) is 8.33. The Hall–Kier alpha value is -3.02. The highest BCUT2D eigenvalue weighted by Crippen LogP contribution is 2.32. The van der Waals surface area contributed by atoms with Gasteiger partial charge in [-0.15, -0.1) is 0 Å². The van der Waals surface area contributed by atoms with Crippen LogP contribution < -0.4 is 4.74 Å². The number of aliphatic carboxylic acids is 1. The summed E-state index contributed by atoms with van der Waals surface area (Å²) in [6.45, 7) is 2.52. The number of carboxylic acids is 1. The summed E-state index contributed by atoms with van der Waals surface area (Å²) < 4.78 is 44.0. The molecule has 0 bridgehead atoms. The van der Waals surface area contributed by atoms with Gasteiger partial charge in [0.15, 0.2) is 0 Å². The van der Waals surface area contributed by atoms with Crippen LogP contribution in [-0.2, 0) is 11.0 Å². The highest BCUT2D eigenvalue weighted by molar-refractivity contribution is 5.84. The summed E-state index contributed by atoms with van der Waals surface area (Å²) in [6, 6.07) is 11.9. The lowest BCUT2D eigenvalue weighted by Gasteiger charge is -2.12. The maximum atomic E-state index is 12.8. The molecule has 0 aliphatic rings. The fraction of sp³-hybridized carbons (Fsp3) is 0.190. The van der Waals surface area contributed by atoms with Gasteiger partial charge in [0.25, 0.3) is 0 Å². The molecule has 27 heavy (non-hydrogen) atoms. The summed E-state index contributed by atoms with van der Waals surface area (Å²) in [7, 11) is 0. The molecule has 2 aromatic rings. The average molecular weight is 376 g/mol. The third-order valence-corrected chi connectivity index (χ3v) is 3.64. The Morgan fingerprint density at radius 3 is 2.41 bits per heavy atom. The number of halogens is 3. The molecule has 142 valence electrons. The number of hydrogen-bond donors (Lipinski definition) is 1. The minimum absolute atomic E-state index is 0.533. The van der Waals surface area contributed by atoms with Crippen LogP contribution in [0.1, 0.15) is 30.0 Å². The molecule has 6 heteroatoms. The Kier molecular flexibility index (Phi) is 6.82. The zero-order valence-corrected chi connectivity index (χ0v) is 14.7. The van der Waals surface area contributed by atoms with Gasteiger partial charge in [0.05, 0.1) is 12.2 Å². The van der Waals surface area contributed by atoms with Crippen molar-refractivity contribution in [1.29, 1.82) is 0 Å². The first-order chi connectivity index (χ1) is 12.8. The minimum Gasteiger partial charge on any atom is -0.494 e. The SMILES string of the molecule is CCCOc1cccc(/C(=C\C=C\C(=O)O)c2ccc(C(F)(F)F)cc2)c1. The van der Waals surface area contributed by atoms with Crippen molar-refractivity contribution in [3.8, 4) is 5.75 Å². The molecule has 2 aromatic carbocycles. The Labute approximate surface area is 155 Å². The molecule has 0 radical (unpaired) electrons. The van der Waals surface area contributed by atoms with E-state index in [4.69, 9.17) is 9.84 Å². The lowest BCUT2D eigenvalue weighted by molar-refractivity contribution is -0.137. The van der Waals surface area contributed by atoms with E-state index in [9.17, 15) is 18.0 Å². The number of carbonyl (C=O) groups is 1. The molecule has 0 unspecified atom stereocenters. The van der Waals surface area contributed by atoms with E-state index in [1.807, 2.05) is 6.92 Å². The second kappa shape index (κ2) is 9.07. The predicted molar refractivity (Wildman–Crippen MR) is 97.5 cm³/mol. The van der Waals surface area contributed by atoms with Crippen LogP contribution in [0.25, 0.3) is 5.57 Å². The van der Waals surface area contributed by atoms with Crippen LogP contribution in [0.4, 0.5) is 13.2 Å². The van der Waals surface area contributed by atoms with Gasteiger partial charge in [0, 0.05) is 6.08 Å². The molecule has 0 aliphatic carbocycles. The summed E-state index contributed by atoms with van der Waals surface area (Å²) in [4.78, 5) is 10.7. The van der Waals surface area contributed by atoms with Gasteiger partial charge in [-0.1, -0.05) is 43.3 Å². The van der Waals surface area contributed by atoms with Crippen LogP contribution in [0.3, 0.4) is 0 Å². The fourth-order valence-corrected chi connectivity index (χ4v) is 2.40. The molecule has 2 rings (SSSR count). The molecule has 0 aromatic heterocycles. The smallest absolute Gasteiger partial charge is 0.416 e. The molecule has 0 amide bonds. The van der Waals surface area contributed by atoms with Crippen LogP contribution in [0.2, 0.25) is 0 Å². The van der Waals surface area contributed by atoms with E-state index in [2.05, 4.69) is 0 Å². The molecule has 3 nitrogen and oxygen atoms in total. The monoisotopic (exact) mass is 376 g/mol. The zero-order chi connectivity index (χ0) is 19.9. The Balaban J connectivity index is 2.45. The molecule has 1 N–H and O–H groups in total. The third-order valence-electron chi connectivity index (χ3n) is 3.64. The number of allylic oxidation sites excluding steroid dienone is 2. The van der Waals surface area contributed by atoms with Crippen molar-refractivity contribution in [3.05, 3.63) is 83.4 Å². The van der Waals surface area contributed by atoms with Crippen molar-refractivity contribution in [3.63, 3.8) is 0 Å². The quantitative estimate of drug-likeness (QED) is 0.508. The van der Waals surface area contributed by atoms with Crippen LogP contribution in [0, 0.1) is 0 Å². The average Bonchev–Trinajstić information content (AvgIpc) is 2.63. The van der Waals surface area contributed by atoms with Crippen molar-refractivity contribution in [2.45, 2.75) is 19.5 Å². The van der Waals surface area contributed by atoms with Crippen molar-refractivity contribution in [1.82, 2.24) is 0 Å². The van der Waals surface area contributed by atoms with E-state index >= 15 is 0 Å². The van der Waals surface area contributed by atoms with Gasteiger partial charge in [-0.05, 0) is 47.4 Å². The van der Waals surface area contributed by atoms with Crippen LogP contribution in [0.15, 0.2) is 66.8 Å². The molecule has 0 fully saturated rings. The largest absolute Gasteiger partial charge is 0.494 e. The third kappa shape index (κ3) is 6.02. The van der Waals surface area contributed by atoms with Gasteiger partial charge >= 0.3 is 12.1 Å². The van der Waals surface area contributed by atoms with Gasteiger partial charge in [0.1, 0.15) is 5.75 Å². The van der Waals surface area contributed by atoms with Gasteiger partial charge in [-0.2, -0.15) is 13.2 Å². The van der Waals surface area contributed by atoms with Gasteiger partial charge in [0.2, 0.25) is 0 Å². The Morgan fingerprint density at radius 2 is 1.81 bits per heavy atom. The highest BCUT2D eigenvalue weighted by atomic mass is 19.4. The van der Waals surface area contributed by atoms with E-state index in [0.717, 1.165) is 24.6 Å². The first kappa shape index (κ1) is 20.3. The van der Waals surface area contributed by atoms with Gasteiger partial charge in [-0.3, -0.25) is 0 Å². The number of alkyl halides is 3. The number of ether oxygens (including phenoxy) is 1. The van der Waals surface area contributed by atoms with E-state index in [0.29, 0.717) is 29.1 Å². The lowest BCUT2D eigenvalue weighted by Crippen LogP contribution is -2.04. The number of carboxylic acid groups (broad SMARTS) is 1. The second-order valence-electron chi connectivity index (χ2n) is 5.73. The maximum Gasteiger partial charge on any atom is 0.416 e. The van der Waals surface area contributed by atoms with Gasteiger partial charge in [-0.25, -0.2) is 4.79 Å². The molecular formula is C21H19F3O3. The second-order valence-corrected chi connectivity index (χ2v) is 5.73. The van der Waals surface area contributed by atoms with Crippen LogP contribution in [-0.4, -0.2) is 17.7 Å².